The fourth-order valence-electron chi connectivity index (χ4n) is 1.98. The molecule has 1 aliphatic heterocycles. The summed E-state index contributed by atoms with van der Waals surface area (Å²) in [7, 11) is 0. The summed E-state index contributed by atoms with van der Waals surface area (Å²) in [6, 6.07) is 7.37. The molecule has 0 unspecified atom stereocenters. The van der Waals surface area contributed by atoms with Crippen molar-refractivity contribution in [2.24, 2.45) is 0 Å². The second kappa shape index (κ2) is 6.22. The lowest BCUT2D eigenvalue weighted by molar-refractivity contribution is -0.125. The van der Waals surface area contributed by atoms with Gasteiger partial charge in [0.15, 0.2) is 0 Å². The van der Waals surface area contributed by atoms with Gasteiger partial charge in [0.05, 0.1) is 6.54 Å². The van der Waals surface area contributed by atoms with E-state index in [9.17, 15) is 9.59 Å². The molecule has 5 heteroatoms. The molecule has 2 rings (SSSR count). The molecule has 1 fully saturated rings. The summed E-state index contributed by atoms with van der Waals surface area (Å²) in [5.41, 5.74) is 1.13. The largest absolute Gasteiger partial charge is 0.492 e. The first-order valence-electron chi connectivity index (χ1n) is 6.42. The highest BCUT2D eigenvalue weighted by Crippen LogP contribution is 2.11. The molecule has 0 aromatic heterocycles. The quantitative estimate of drug-likeness (QED) is 0.770. The number of benzene rings is 1. The molecule has 0 saturated carbocycles. The maximum atomic E-state index is 11.7. The molecule has 5 nitrogen and oxygen atoms in total. The monoisotopic (exact) mass is 262 g/mol. The van der Waals surface area contributed by atoms with E-state index < -0.39 is 0 Å². The molecular formula is C14H18N2O3. The molecule has 2 N–H and O–H groups in total. The van der Waals surface area contributed by atoms with E-state index in [1.54, 1.807) is 0 Å². The normalized spacial score (nSPS) is 17.9. The van der Waals surface area contributed by atoms with Gasteiger partial charge in [0, 0.05) is 6.42 Å². The second-order valence-electron chi connectivity index (χ2n) is 4.61. The Hall–Kier alpha value is -2.04. The van der Waals surface area contributed by atoms with Crippen LogP contribution in [0.1, 0.15) is 18.4 Å². The lowest BCUT2D eigenvalue weighted by Gasteiger charge is -2.11. The van der Waals surface area contributed by atoms with Crippen LogP contribution in [0.2, 0.25) is 0 Å². The molecular weight excluding hydrogens is 244 g/mol. The third kappa shape index (κ3) is 3.98. The Kier molecular flexibility index (Phi) is 4.39. The van der Waals surface area contributed by atoms with E-state index in [2.05, 4.69) is 10.6 Å². The highest BCUT2D eigenvalue weighted by atomic mass is 16.5. The third-order valence-corrected chi connectivity index (χ3v) is 2.97. The van der Waals surface area contributed by atoms with Gasteiger partial charge in [-0.1, -0.05) is 12.1 Å². The van der Waals surface area contributed by atoms with Crippen molar-refractivity contribution in [2.75, 3.05) is 13.2 Å². The SMILES string of the molecule is Cc1cccc(OCCNC(=O)[C@H]2CCC(=O)N2)c1. The Morgan fingerprint density at radius 2 is 2.37 bits per heavy atom. The van der Waals surface area contributed by atoms with Crippen LogP contribution >= 0.6 is 0 Å². The summed E-state index contributed by atoms with van der Waals surface area (Å²) < 4.78 is 5.52. The lowest BCUT2D eigenvalue weighted by Crippen LogP contribution is -2.42. The van der Waals surface area contributed by atoms with E-state index in [0.29, 0.717) is 26.0 Å². The minimum Gasteiger partial charge on any atom is -0.492 e. The molecule has 0 aliphatic carbocycles. The van der Waals surface area contributed by atoms with Crippen LogP contribution in [0, 0.1) is 6.92 Å². The predicted octanol–water partition coefficient (Wildman–Crippen LogP) is 0.769. The molecule has 2 amide bonds. The molecule has 1 aliphatic rings. The van der Waals surface area contributed by atoms with Crippen molar-refractivity contribution in [3.63, 3.8) is 0 Å². The van der Waals surface area contributed by atoms with Gasteiger partial charge in [-0.3, -0.25) is 9.59 Å². The molecule has 1 aromatic rings. The van der Waals surface area contributed by atoms with Crippen LogP contribution in [0.25, 0.3) is 0 Å². The zero-order valence-corrected chi connectivity index (χ0v) is 10.9. The predicted molar refractivity (Wildman–Crippen MR) is 70.8 cm³/mol. The maximum absolute atomic E-state index is 11.7. The number of hydrogen-bond donors (Lipinski definition) is 2. The summed E-state index contributed by atoms with van der Waals surface area (Å²) in [6.07, 6.45) is 1.00. The van der Waals surface area contributed by atoms with Gasteiger partial charge >= 0.3 is 0 Å². The number of amides is 2. The lowest BCUT2D eigenvalue weighted by atomic mass is 10.2. The zero-order valence-electron chi connectivity index (χ0n) is 10.9. The fourth-order valence-corrected chi connectivity index (χ4v) is 1.98. The van der Waals surface area contributed by atoms with E-state index in [1.807, 2.05) is 31.2 Å². The van der Waals surface area contributed by atoms with E-state index in [-0.39, 0.29) is 17.9 Å². The number of nitrogens with one attached hydrogen (secondary N) is 2. The topological polar surface area (TPSA) is 67.4 Å². The van der Waals surface area contributed by atoms with Crippen LogP contribution in [0.4, 0.5) is 0 Å². The van der Waals surface area contributed by atoms with Crippen LogP contribution in [0.5, 0.6) is 5.75 Å². The Balaban J connectivity index is 1.66. The number of hydrogen-bond acceptors (Lipinski definition) is 3. The van der Waals surface area contributed by atoms with Crippen LogP contribution in [-0.4, -0.2) is 31.0 Å². The summed E-state index contributed by atoms with van der Waals surface area (Å²) in [5.74, 6) is 0.596. The zero-order chi connectivity index (χ0) is 13.7. The highest BCUT2D eigenvalue weighted by Gasteiger charge is 2.26. The van der Waals surface area contributed by atoms with Crippen molar-refractivity contribution < 1.29 is 14.3 Å². The number of carbonyl (C=O) groups excluding carboxylic acids is 2. The Morgan fingerprint density at radius 1 is 1.53 bits per heavy atom. The van der Waals surface area contributed by atoms with Gasteiger partial charge in [-0.2, -0.15) is 0 Å². The van der Waals surface area contributed by atoms with E-state index in [1.165, 1.54) is 0 Å². The molecule has 1 atom stereocenters. The Bertz CT molecular complexity index is 474. The van der Waals surface area contributed by atoms with Gasteiger partial charge in [-0.15, -0.1) is 0 Å². The number of ether oxygens (including phenoxy) is 1. The number of aryl methyl sites for hydroxylation is 1. The van der Waals surface area contributed by atoms with Gasteiger partial charge in [-0.05, 0) is 31.0 Å². The molecule has 1 saturated heterocycles. The van der Waals surface area contributed by atoms with Crippen molar-refractivity contribution in [2.45, 2.75) is 25.8 Å². The fraction of sp³-hybridized carbons (Fsp3) is 0.429. The van der Waals surface area contributed by atoms with Crippen molar-refractivity contribution in [3.8, 4) is 5.75 Å². The van der Waals surface area contributed by atoms with Crippen molar-refractivity contribution in [1.29, 1.82) is 0 Å². The molecule has 0 spiro atoms. The molecule has 0 bridgehead atoms. The number of carbonyl (C=O) groups is 2. The van der Waals surface area contributed by atoms with Gasteiger partial charge in [0.1, 0.15) is 18.4 Å². The summed E-state index contributed by atoms with van der Waals surface area (Å²) in [6.45, 7) is 2.84. The van der Waals surface area contributed by atoms with Gasteiger partial charge in [0.25, 0.3) is 0 Å². The molecule has 1 aromatic carbocycles. The van der Waals surface area contributed by atoms with E-state index in [4.69, 9.17) is 4.74 Å². The first-order chi connectivity index (χ1) is 9.15. The van der Waals surface area contributed by atoms with Crippen LogP contribution in [0.15, 0.2) is 24.3 Å². The first-order valence-corrected chi connectivity index (χ1v) is 6.42. The second-order valence-corrected chi connectivity index (χ2v) is 4.61. The summed E-state index contributed by atoms with van der Waals surface area (Å²) >= 11 is 0. The average Bonchev–Trinajstić information content (AvgIpc) is 2.81. The molecule has 1 heterocycles. The summed E-state index contributed by atoms with van der Waals surface area (Å²) in [5, 5.41) is 5.38. The standard InChI is InChI=1S/C14H18N2O3/c1-10-3-2-4-11(9-10)19-8-7-15-14(18)12-5-6-13(17)16-12/h2-4,9,12H,5-8H2,1H3,(H,15,18)(H,16,17)/t12-/m1/s1. The minimum atomic E-state index is -0.383. The first kappa shape index (κ1) is 13.4. The van der Waals surface area contributed by atoms with E-state index >= 15 is 0 Å². The highest BCUT2D eigenvalue weighted by molar-refractivity contribution is 5.90. The molecule has 0 radical (unpaired) electrons. The van der Waals surface area contributed by atoms with Crippen LogP contribution < -0.4 is 15.4 Å². The third-order valence-electron chi connectivity index (χ3n) is 2.97. The Labute approximate surface area is 112 Å². The van der Waals surface area contributed by atoms with Gasteiger partial charge in [0.2, 0.25) is 11.8 Å². The smallest absolute Gasteiger partial charge is 0.242 e. The minimum absolute atomic E-state index is 0.0591. The van der Waals surface area contributed by atoms with Gasteiger partial charge < -0.3 is 15.4 Å². The van der Waals surface area contributed by atoms with E-state index in [0.717, 1.165) is 11.3 Å². The maximum Gasteiger partial charge on any atom is 0.242 e. The number of rotatable bonds is 5. The molecule has 19 heavy (non-hydrogen) atoms. The van der Waals surface area contributed by atoms with Crippen LogP contribution in [0.3, 0.4) is 0 Å². The van der Waals surface area contributed by atoms with Crippen molar-refractivity contribution in [1.82, 2.24) is 10.6 Å². The van der Waals surface area contributed by atoms with Crippen LogP contribution in [-0.2, 0) is 9.59 Å². The summed E-state index contributed by atoms with van der Waals surface area (Å²) in [4.78, 5) is 22.7. The van der Waals surface area contributed by atoms with Crippen molar-refractivity contribution >= 4 is 11.8 Å². The average molecular weight is 262 g/mol. The molecule has 102 valence electrons. The van der Waals surface area contributed by atoms with Gasteiger partial charge in [-0.25, -0.2) is 0 Å². The van der Waals surface area contributed by atoms with Crippen molar-refractivity contribution in [3.05, 3.63) is 29.8 Å². The Morgan fingerprint density at radius 3 is 3.05 bits per heavy atom.